The first kappa shape index (κ1) is 9.59. The van der Waals surface area contributed by atoms with Crippen LogP contribution >= 0.6 is 23.2 Å². The summed E-state index contributed by atoms with van der Waals surface area (Å²) in [5.41, 5.74) is 6.61. The van der Waals surface area contributed by atoms with Crippen LogP contribution in [0.4, 0.5) is 0 Å². The third-order valence-electron chi connectivity index (χ3n) is 1.58. The Hall–Kier alpha value is -0.500. The zero-order chi connectivity index (χ0) is 9.14. The maximum atomic E-state index is 5.79. The van der Waals surface area contributed by atoms with E-state index in [4.69, 9.17) is 28.9 Å². The van der Waals surface area contributed by atoms with Crippen LogP contribution < -0.4 is 5.73 Å². The van der Waals surface area contributed by atoms with E-state index in [0.29, 0.717) is 10.0 Å². The number of hydrogen-bond donors (Lipinski definition) is 1. The molecule has 0 aliphatic rings. The van der Waals surface area contributed by atoms with Gasteiger partial charge in [0.2, 0.25) is 0 Å². The Morgan fingerprint density at radius 2 is 2.00 bits per heavy atom. The van der Waals surface area contributed by atoms with Gasteiger partial charge in [0, 0.05) is 6.04 Å². The van der Waals surface area contributed by atoms with Crippen LogP contribution in [0.15, 0.2) is 30.9 Å². The Morgan fingerprint density at radius 3 is 2.50 bits per heavy atom. The van der Waals surface area contributed by atoms with Crippen LogP contribution in [-0.2, 0) is 0 Å². The van der Waals surface area contributed by atoms with Crippen molar-refractivity contribution in [3.8, 4) is 0 Å². The predicted octanol–water partition coefficient (Wildman–Crippen LogP) is 3.18. The fourth-order valence-corrected chi connectivity index (χ4v) is 1.16. The maximum absolute atomic E-state index is 5.79. The summed E-state index contributed by atoms with van der Waals surface area (Å²) < 4.78 is 0. The fraction of sp³-hybridized carbons (Fsp3) is 0.111. The second kappa shape index (κ2) is 3.94. The van der Waals surface area contributed by atoms with Gasteiger partial charge >= 0.3 is 0 Å². The maximum Gasteiger partial charge on any atom is 0.0595 e. The molecule has 0 saturated carbocycles. The van der Waals surface area contributed by atoms with Crippen molar-refractivity contribution >= 4 is 23.2 Å². The van der Waals surface area contributed by atoms with Crippen LogP contribution in [0, 0.1) is 0 Å². The molecule has 0 aromatic heterocycles. The van der Waals surface area contributed by atoms with Crippen molar-refractivity contribution < 1.29 is 0 Å². The van der Waals surface area contributed by atoms with Gasteiger partial charge in [0.15, 0.2) is 0 Å². The Bertz CT molecular complexity index is 297. The van der Waals surface area contributed by atoms with Gasteiger partial charge in [0.05, 0.1) is 10.0 Å². The molecule has 0 aliphatic carbocycles. The Balaban J connectivity index is 3.04. The molecule has 1 atom stereocenters. The summed E-state index contributed by atoms with van der Waals surface area (Å²) in [5, 5.41) is 1.06. The lowest BCUT2D eigenvalue weighted by Crippen LogP contribution is -2.05. The molecule has 0 amide bonds. The van der Waals surface area contributed by atoms with E-state index >= 15 is 0 Å². The number of nitrogens with two attached hydrogens (primary N) is 1. The molecule has 1 aromatic rings. The van der Waals surface area contributed by atoms with E-state index in [9.17, 15) is 0 Å². The van der Waals surface area contributed by atoms with Crippen LogP contribution in [0.1, 0.15) is 11.6 Å². The highest BCUT2D eigenvalue weighted by Gasteiger charge is 2.03. The van der Waals surface area contributed by atoms with E-state index < -0.39 is 0 Å². The molecule has 0 bridgehead atoms. The van der Waals surface area contributed by atoms with E-state index in [0.717, 1.165) is 5.56 Å². The first-order valence-corrected chi connectivity index (χ1v) is 4.24. The molecule has 1 nitrogen and oxygen atoms in total. The van der Waals surface area contributed by atoms with Crippen LogP contribution in [0.2, 0.25) is 10.0 Å². The van der Waals surface area contributed by atoms with Gasteiger partial charge in [0.25, 0.3) is 0 Å². The highest BCUT2D eigenvalue weighted by Crippen LogP contribution is 2.24. The summed E-state index contributed by atoms with van der Waals surface area (Å²) in [4.78, 5) is 0. The molecule has 0 heterocycles. The van der Waals surface area contributed by atoms with Gasteiger partial charge in [-0.1, -0.05) is 35.3 Å². The molecule has 64 valence electrons. The molecule has 3 heteroatoms. The Kier molecular flexibility index (Phi) is 3.15. The largest absolute Gasteiger partial charge is 0.321 e. The SMILES string of the molecule is C=C[C@H](N)c1ccc(Cl)c(Cl)c1. The number of halogens is 2. The van der Waals surface area contributed by atoms with E-state index in [1.807, 2.05) is 6.07 Å². The lowest BCUT2D eigenvalue weighted by molar-refractivity contribution is 0.915. The molecule has 0 radical (unpaired) electrons. The zero-order valence-electron chi connectivity index (χ0n) is 6.43. The third-order valence-corrected chi connectivity index (χ3v) is 2.32. The van der Waals surface area contributed by atoms with Crippen molar-refractivity contribution in [3.05, 3.63) is 46.5 Å². The number of hydrogen-bond acceptors (Lipinski definition) is 1. The molecule has 0 fully saturated rings. The fourth-order valence-electron chi connectivity index (χ4n) is 0.856. The summed E-state index contributed by atoms with van der Waals surface area (Å²) >= 11 is 11.5. The topological polar surface area (TPSA) is 26.0 Å². The minimum atomic E-state index is -0.181. The van der Waals surface area contributed by atoms with Gasteiger partial charge in [-0.3, -0.25) is 0 Å². The first-order chi connectivity index (χ1) is 5.65. The molecule has 1 aromatic carbocycles. The van der Waals surface area contributed by atoms with Crippen LogP contribution in [0.5, 0.6) is 0 Å². The second-order valence-electron chi connectivity index (χ2n) is 2.44. The Labute approximate surface area is 81.8 Å². The normalized spacial score (nSPS) is 12.6. The lowest BCUT2D eigenvalue weighted by Gasteiger charge is -2.06. The van der Waals surface area contributed by atoms with Gasteiger partial charge in [-0.2, -0.15) is 0 Å². The van der Waals surface area contributed by atoms with Gasteiger partial charge in [-0.15, -0.1) is 6.58 Å². The van der Waals surface area contributed by atoms with Crippen molar-refractivity contribution in [2.24, 2.45) is 5.73 Å². The van der Waals surface area contributed by atoms with Crippen LogP contribution in [-0.4, -0.2) is 0 Å². The van der Waals surface area contributed by atoms with Gasteiger partial charge in [-0.25, -0.2) is 0 Å². The molecule has 0 aliphatic heterocycles. The predicted molar refractivity (Wildman–Crippen MR) is 53.6 cm³/mol. The molecular weight excluding hydrogens is 193 g/mol. The average molecular weight is 202 g/mol. The standard InChI is InChI=1S/C9H9Cl2N/c1-2-9(12)6-3-4-7(10)8(11)5-6/h2-5,9H,1,12H2/t9-/m0/s1. The summed E-state index contributed by atoms with van der Waals surface area (Å²) in [6, 6.07) is 5.12. The number of rotatable bonds is 2. The van der Waals surface area contributed by atoms with E-state index in [2.05, 4.69) is 6.58 Å². The summed E-state index contributed by atoms with van der Waals surface area (Å²) in [6.45, 7) is 3.59. The molecule has 0 unspecified atom stereocenters. The van der Waals surface area contributed by atoms with Crippen LogP contribution in [0.25, 0.3) is 0 Å². The van der Waals surface area contributed by atoms with Gasteiger partial charge in [-0.05, 0) is 17.7 Å². The smallest absolute Gasteiger partial charge is 0.0595 e. The average Bonchev–Trinajstić information content (AvgIpc) is 2.08. The van der Waals surface area contributed by atoms with E-state index in [1.54, 1.807) is 18.2 Å². The van der Waals surface area contributed by atoms with Crippen molar-refractivity contribution in [2.45, 2.75) is 6.04 Å². The molecule has 2 N–H and O–H groups in total. The van der Waals surface area contributed by atoms with Crippen molar-refractivity contribution in [1.29, 1.82) is 0 Å². The van der Waals surface area contributed by atoms with E-state index in [-0.39, 0.29) is 6.04 Å². The molecule has 0 spiro atoms. The molecule has 0 saturated heterocycles. The molecule has 1 rings (SSSR count). The number of benzene rings is 1. The zero-order valence-corrected chi connectivity index (χ0v) is 7.94. The minimum Gasteiger partial charge on any atom is -0.321 e. The highest BCUT2D eigenvalue weighted by molar-refractivity contribution is 6.42. The summed E-state index contributed by atoms with van der Waals surface area (Å²) in [5.74, 6) is 0. The van der Waals surface area contributed by atoms with Gasteiger partial charge in [0.1, 0.15) is 0 Å². The molecule has 12 heavy (non-hydrogen) atoms. The summed E-state index contributed by atoms with van der Waals surface area (Å²) in [6.07, 6.45) is 1.65. The first-order valence-electron chi connectivity index (χ1n) is 3.48. The van der Waals surface area contributed by atoms with Crippen molar-refractivity contribution in [1.82, 2.24) is 0 Å². The minimum absolute atomic E-state index is 0.181. The second-order valence-corrected chi connectivity index (χ2v) is 3.25. The molecular formula is C9H9Cl2N. The van der Waals surface area contributed by atoms with Crippen molar-refractivity contribution in [2.75, 3.05) is 0 Å². The monoisotopic (exact) mass is 201 g/mol. The van der Waals surface area contributed by atoms with Gasteiger partial charge < -0.3 is 5.73 Å². The third kappa shape index (κ3) is 2.01. The van der Waals surface area contributed by atoms with Crippen LogP contribution in [0.3, 0.4) is 0 Å². The summed E-state index contributed by atoms with van der Waals surface area (Å²) in [7, 11) is 0. The Morgan fingerprint density at radius 1 is 1.33 bits per heavy atom. The lowest BCUT2D eigenvalue weighted by atomic mass is 10.1. The van der Waals surface area contributed by atoms with E-state index in [1.165, 1.54) is 0 Å². The van der Waals surface area contributed by atoms with Crippen molar-refractivity contribution in [3.63, 3.8) is 0 Å². The highest BCUT2D eigenvalue weighted by atomic mass is 35.5. The quantitative estimate of drug-likeness (QED) is 0.732.